The number of rotatable bonds is 10. The van der Waals surface area contributed by atoms with Gasteiger partial charge in [-0.1, -0.05) is 25.1 Å². The first kappa shape index (κ1) is 26.5. The molecule has 0 saturated carbocycles. The van der Waals surface area contributed by atoms with E-state index in [4.69, 9.17) is 14.2 Å². The highest BCUT2D eigenvalue weighted by Gasteiger charge is 2.26. The highest BCUT2D eigenvalue weighted by molar-refractivity contribution is 6.04. The van der Waals surface area contributed by atoms with Gasteiger partial charge in [0.15, 0.2) is 11.5 Å². The van der Waals surface area contributed by atoms with Gasteiger partial charge in [-0.2, -0.15) is 0 Å². The number of anilines is 1. The summed E-state index contributed by atoms with van der Waals surface area (Å²) in [5.74, 6) is 2.63. The van der Waals surface area contributed by atoms with E-state index in [1.807, 2.05) is 60.7 Å². The largest absolute Gasteiger partial charge is 0.493 e. The van der Waals surface area contributed by atoms with Gasteiger partial charge >= 0.3 is 0 Å². The molecule has 1 atom stereocenters. The first-order valence-corrected chi connectivity index (χ1v) is 13.6. The fourth-order valence-electron chi connectivity index (χ4n) is 5.08. The number of methoxy groups -OCH3 is 1. The molecule has 202 valence electrons. The van der Waals surface area contributed by atoms with E-state index in [1.165, 1.54) is 6.42 Å². The zero-order valence-electron chi connectivity index (χ0n) is 22.6. The van der Waals surface area contributed by atoms with Gasteiger partial charge in [0.25, 0.3) is 5.91 Å². The Bertz CT molecular complexity index is 1340. The lowest BCUT2D eigenvalue weighted by Gasteiger charge is -2.24. The molecule has 3 aromatic rings. The average Bonchev–Trinajstić information content (AvgIpc) is 3.32. The number of hydrogen-bond donors (Lipinski definition) is 1. The lowest BCUT2D eigenvalue weighted by molar-refractivity contribution is 0.102. The highest BCUT2D eigenvalue weighted by Crippen LogP contribution is 2.33. The molecule has 2 aliphatic rings. The predicted molar refractivity (Wildman–Crippen MR) is 153 cm³/mol. The van der Waals surface area contributed by atoms with Crippen molar-refractivity contribution in [3.63, 3.8) is 0 Å². The van der Waals surface area contributed by atoms with Gasteiger partial charge in [0, 0.05) is 41.5 Å². The fraction of sp³-hybridized carbons (Fsp3) is 0.312. The maximum atomic E-state index is 12.4. The van der Waals surface area contributed by atoms with Crippen molar-refractivity contribution in [2.45, 2.75) is 38.6 Å². The summed E-state index contributed by atoms with van der Waals surface area (Å²) in [5.41, 5.74) is 3.07. The number of carbonyl (C=O) groups is 1. The fourth-order valence-corrected chi connectivity index (χ4v) is 5.08. The highest BCUT2D eigenvalue weighted by atomic mass is 16.5. The number of aromatic nitrogens is 1. The maximum Gasteiger partial charge on any atom is 0.255 e. The summed E-state index contributed by atoms with van der Waals surface area (Å²) >= 11 is 0. The Hall–Kier alpha value is -4.10. The van der Waals surface area contributed by atoms with Crippen LogP contribution in [0.5, 0.6) is 11.5 Å². The van der Waals surface area contributed by atoms with Crippen LogP contribution in [0.25, 0.3) is 6.08 Å². The van der Waals surface area contributed by atoms with E-state index in [9.17, 15) is 4.79 Å². The molecule has 1 N–H and O–H groups in total. The molecular formula is C32H35N3O4. The second kappa shape index (κ2) is 12.6. The average molecular weight is 526 g/mol. The summed E-state index contributed by atoms with van der Waals surface area (Å²) in [6, 6.07) is 18.8. The standard InChI is InChI=1S/C32H35N3O4/c1-3-19-35-20-7-10-25(35)22-38-31-21-28-27(15-16-30(31)37-2)29(17-18-33-28)39-26-13-11-24(12-14-26)34-32(36)23-8-5-4-6-9-23/h4-6,8-9,11-14,16-18,21,25H,3,7,10,15,19-20,22H2,1-2H3,(H,34,36)/t25-/m0/s1. The molecule has 7 heteroatoms. The van der Waals surface area contributed by atoms with Crippen molar-refractivity contribution < 1.29 is 19.0 Å². The summed E-state index contributed by atoms with van der Waals surface area (Å²) in [7, 11) is 1.67. The zero-order chi connectivity index (χ0) is 27.0. The SMILES string of the molecule is CCCN1CCC[C@H]1COC1=Cc2nccc(Oc3ccc(NC(=O)c4ccccc4)cc3)c2CC=C1OC. The van der Waals surface area contributed by atoms with Crippen LogP contribution in [0.3, 0.4) is 0 Å². The lowest BCUT2D eigenvalue weighted by Crippen LogP contribution is -2.33. The van der Waals surface area contributed by atoms with Crippen LogP contribution in [0.15, 0.2) is 84.5 Å². The van der Waals surface area contributed by atoms with Crippen molar-refractivity contribution in [3.8, 4) is 11.5 Å². The van der Waals surface area contributed by atoms with Gasteiger partial charge in [-0.15, -0.1) is 0 Å². The van der Waals surface area contributed by atoms with E-state index in [0.717, 1.165) is 42.9 Å². The van der Waals surface area contributed by atoms with Gasteiger partial charge < -0.3 is 19.5 Å². The molecule has 0 bridgehead atoms. The minimum absolute atomic E-state index is 0.153. The summed E-state index contributed by atoms with van der Waals surface area (Å²) in [6.07, 6.45) is 9.83. The molecule has 2 heterocycles. The molecule has 5 rings (SSSR count). The molecule has 2 aromatic carbocycles. The monoisotopic (exact) mass is 525 g/mol. The smallest absolute Gasteiger partial charge is 0.255 e. The molecule has 1 aliphatic heterocycles. The number of hydrogen-bond acceptors (Lipinski definition) is 6. The third-order valence-corrected chi connectivity index (χ3v) is 7.09. The van der Waals surface area contributed by atoms with Gasteiger partial charge in [-0.05, 0) is 80.9 Å². The van der Waals surface area contributed by atoms with Crippen LogP contribution >= 0.6 is 0 Å². The Labute approximate surface area is 230 Å². The second-order valence-electron chi connectivity index (χ2n) is 9.75. The minimum atomic E-state index is -0.153. The van der Waals surface area contributed by atoms with E-state index in [2.05, 4.69) is 22.1 Å². The number of carbonyl (C=O) groups excluding carboxylic acids is 1. The number of nitrogens with zero attached hydrogens (tertiary/aromatic N) is 2. The number of amides is 1. The van der Waals surface area contributed by atoms with Gasteiger partial charge in [0.05, 0.1) is 12.8 Å². The van der Waals surface area contributed by atoms with Crippen LogP contribution in [0.2, 0.25) is 0 Å². The van der Waals surface area contributed by atoms with Crippen LogP contribution in [0.4, 0.5) is 5.69 Å². The van der Waals surface area contributed by atoms with Crippen molar-refractivity contribution >= 4 is 17.7 Å². The Balaban J connectivity index is 1.29. The zero-order valence-corrected chi connectivity index (χ0v) is 22.6. The molecule has 0 unspecified atom stereocenters. The summed E-state index contributed by atoms with van der Waals surface area (Å²) in [4.78, 5) is 19.6. The van der Waals surface area contributed by atoms with Gasteiger partial charge in [-0.25, -0.2) is 0 Å². The maximum absolute atomic E-state index is 12.4. The minimum Gasteiger partial charge on any atom is -0.493 e. The quantitative estimate of drug-likeness (QED) is 0.328. The van der Waals surface area contributed by atoms with Crippen molar-refractivity contribution in [3.05, 3.63) is 101 Å². The molecule has 7 nitrogen and oxygen atoms in total. The molecule has 1 amide bonds. The number of nitrogens with one attached hydrogen (secondary N) is 1. The predicted octanol–water partition coefficient (Wildman–Crippen LogP) is 6.44. The van der Waals surface area contributed by atoms with Crippen LogP contribution < -0.4 is 10.1 Å². The molecule has 0 radical (unpaired) electrons. The molecule has 1 saturated heterocycles. The van der Waals surface area contributed by atoms with E-state index in [0.29, 0.717) is 47.6 Å². The molecule has 1 aromatic heterocycles. The van der Waals surface area contributed by atoms with Crippen LogP contribution in [-0.4, -0.2) is 48.6 Å². The molecular weight excluding hydrogens is 490 g/mol. The van der Waals surface area contributed by atoms with E-state index in [-0.39, 0.29) is 5.91 Å². The van der Waals surface area contributed by atoms with Gasteiger partial charge in [0.2, 0.25) is 0 Å². The van der Waals surface area contributed by atoms with Crippen molar-refractivity contribution in [2.24, 2.45) is 0 Å². The van der Waals surface area contributed by atoms with Crippen LogP contribution in [0.1, 0.15) is 47.8 Å². The molecule has 39 heavy (non-hydrogen) atoms. The number of fused-ring (bicyclic) bond motifs is 1. The number of benzene rings is 2. The topological polar surface area (TPSA) is 72.9 Å². The summed E-state index contributed by atoms with van der Waals surface area (Å²) in [6.45, 7) is 5.09. The molecule has 1 fully saturated rings. The third kappa shape index (κ3) is 6.49. The molecule has 1 aliphatic carbocycles. The van der Waals surface area contributed by atoms with Crippen LogP contribution in [0, 0.1) is 0 Å². The summed E-state index contributed by atoms with van der Waals surface area (Å²) in [5, 5.41) is 2.91. The van der Waals surface area contributed by atoms with Gasteiger partial charge in [0.1, 0.15) is 18.1 Å². The Kier molecular flexibility index (Phi) is 8.58. The third-order valence-electron chi connectivity index (χ3n) is 7.09. The van der Waals surface area contributed by atoms with Crippen molar-refractivity contribution in [1.29, 1.82) is 0 Å². The number of likely N-dealkylation sites (tertiary alicyclic amines) is 1. The number of pyridine rings is 1. The Morgan fingerprint density at radius 1 is 1.08 bits per heavy atom. The number of ether oxygens (including phenoxy) is 3. The lowest BCUT2D eigenvalue weighted by atomic mass is 10.1. The Morgan fingerprint density at radius 2 is 1.90 bits per heavy atom. The van der Waals surface area contributed by atoms with Crippen molar-refractivity contribution in [1.82, 2.24) is 9.88 Å². The first-order valence-electron chi connectivity index (χ1n) is 13.6. The van der Waals surface area contributed by atoms with Crippen LogP contribution in [-0.2, 0) is 15.9 Å². The van der Waals surface area contributed by atoms with E-state index >= 15 is 0 Å². The molecule has 0 spiro atoms. The number of allylic oxidation sites excluding steroid dienone is 1. The van der Waals surface area contributed by atoms with Gasteiger partial charge in [-0.3, -0.25) is 14.7 Å². The van der Waals surface area contributed by atoms with E-state index < -0.39 is 0 Å². The second-order valence-corrected chi connectivity index (χ2v) is 9.75. The Morgan fingerprint density at radius 3 is 2.67 bits per heavy atom. The first-order chi connectivity index (χ1) is 19.1. The van der Waals surface area contributed by atoms with Crippen molar-refractivity contribution in [2.75, 3.05) is 32.1 Å². The summed E-state index contributed by atoms with van der Waals surface area (Å²) < 4.78 is 18.3. The van der Waals surface area contributed by atoms with E-state index in [1.54, 1.807) is 25.4 Å². The normalized spacial score (nSPS) is 16.9.